The normalized spacial score (nSPS) is 20.3. The molecule has 2 aromatic carbocycles. The Balaban J connectivity index is 1.56. The zero-order valence-electron chi connectivity index (χ0n) is 19.9. The molecule has 36 heavy (non-hydrogen) atoms. The van der Waals surface area contributed by atoms with Gasteiger partial charge in [0.25, 0.3) is 11.7 Å². The van der Waals surface area contributed by atoms with E-state index in [0.29, 0.717) is 48.1 Å². The van der Waals surface area contributed by atoms with E-state index in [1.807, 2.05) is 43.3 Å². The summed E-state index contributed by atoms with van der Waals surface area (Å²) in [5.41, 5.74) is 2.59. The first-order chi connectivity index (χ1) is 17.5. The molecule has 8 nitrogen and oxygen atoms in total. The molecule has 1 amide bonds. The van der Waals surface area contributed by atoms with E-state index in [-0.39, 0.29) is 11.3 Å². The van der Waals surface area contributed by atoms with Crippen LogP contribution in [0, 0.1) is 6.92 Å². The average molecular weight is 507 g/mol. The minimum Gasteiger partial charge on any atom is -0.507 e. The van der Waals surface area contributed by atoms with Gasteiger partial charge >= 0.3 is 0 Å². The number of amides is 1. The van der Waals surface area contributed by atoms with Gasteiger partial charge in [0.05, 0.1) is 48.0 Å². The molecule has 1 N–H and O–H groups in total. The summed E-state index contributed by atoms with van der Waals surface area (Å²) < 4.78 is 7.11. The monoisotopic (exact) mass is 506 g/mol. The lowest BCUT2D eigenvalue weighted by Crippen LogP contribution is -2.42. The van der Waals surface area contributed by atoms with E-state index in [4.69, 9.17) is 16.3 Å². The molecule has 186 valence electrons. The van der Waals surface area contributed by atoms with E-state index in [1.165, 1.54) is 11.1 Å². The lowest BCUT2D eigenvalue weighted by molar-refractivity contribution is -0.140. The Hall–Kier alpha value is -3.46. The highest BCUT2D eigenvalue weighted by Crippen LogP contribution is 2.40. The summed E-state index contributed by atoms with van der Waals surface area (Å²) >= 11 is 6.28. The van der Waals surface area contributed by atoms with Crippen LogP contribution in [0.15, 0.2) is 66.4 Å². The number of para-hydroxylation sites is 1. The predicted molar refractivity (Wildman–Crippen MR) is 136 cm³/mol. The summed E-state index contributed by atoms with van der Waals surface area (Å²) in [5, 5.41) is 16.4. The van der Waals surface area contributed by atoms with Crippen molar-refractivity contribution in [2.24, 2.45) is 0 Å². The summed E-state index contributed by atoms with van der Waals surface area (Å²) in [6.07, 6.45) is 1.52. The summed E-state index contributed by atoms with van der Waals surface area (Å²) in [6.45, 7) is 5.56. The molecule has 1 atom stereocenters. The smallest absolute Gasteiger partial charge is 0.295 e. The largest absolute Gasteiger partial charge is 0.507 e. The molecule has 2 saturated heterocycles. The lowest BCUT2D eigenvalue weighted by Gasteiger charge is -2.31. The van der Waals surface area contributed by atoms with Crippen molar-refractivity contribution in [3.8, 4) is 5.69 Å². The van der Waals surface area contributed by atoms with Crippen LogP contribution in [0.25, 0.3) is 11.4 Å². The fourth-order valence-corrected chi connectivity index (χ4v) is 5.02. The number of likely N-dealkylation sites (tertiary alicyclic amines) is 1. The fraction of sp³-hybridized carbons (Fsp3) is 0.296. The van der Waals surface area contributed by atoms with E-state index >= 15 is 0 Å². The maximum atomic E-state index is 13.3. The predicted octanol–water partition coefficient (Wildman–Crippen LogP) is 3.59. The number of aromatic nitrogens is 2. The molecule has 3 heterocycles. The van der Waals surface area contributed by atoms with Gasteiger partial charge in [-0.1, -0.05) is 41.9 Å². The van der Waals surface area contributed by atoms with Gasteiger partial charge < -0.3 is 14.7 Å². The van der Waals surface area contributed by atoms with Crippen molar-refractivity contribution in [2.45, 2.75) is 13.0 Å². The number of ether oxygens (including phenoxy) is 1. The van der Waals surface area contributed by atoms with Crippen molar-refractivity contribution in [3.05, 3.63) is 88.2 Å². The molecule has 0 spiro atoms. The number of aliphatic hydroxyl groups excluding tert-OH is 1. The van der Waals surface area contributed by atoms with E-state index in [1.54, 1.807) is 22.9 Å². The zero-order chi connectivity index (χ0) is 25.2. The molecule has 0 aliphatic carbocycles. The van der Waals surface area contributed by atoms with Crippen molar-refractivity contribution in [1.29, 1.82) is 0 Å². The second-order valence-electron chi connectivity index (χ2n) is 8.89. The summed E-state index contributed by atoms with van der Waals surface area (Å²) in [7, 11) is 0. The first kappa shape index (κ1) is 24.2. The van der Waals surface area contributed by atoms with Crippen LogP contribution in [0.5, 0.6) is 0 Å². The van der Waals surface area contributed by atoms with Crippen molar-refractivity contribution in [2.75, 3.05) is 39.4 Å². The number of Topliss-reactive ketones (excluding diaryl/α,β-unsaturated/α-hetero) is 1. The number of carbonyl (C=O) groups excluding carboxylic acids is 2. The Morgan fingerprint density at radius 2 is 1.83 bits per heavy atom. The van der Waals surface area contributed by atoms with Crippen LogP contribution in [0.1, 0.15) is 22.9 Å². The number of ketones is 1. The number of halogens is 1. The number of hydrogen-bond donors (Lipinski definition) is 1. The third-order valence-corrected chi connectivity index (χ3v) is 6.97. The van der Waals surface area contributed by atoms with E-state index in [0.717, 1.165) is 18.8 Å². The van der Waals surface area contributed by atoms with Gasteiger partial charge in [-0.2, -0.15) is 5.10 Å². The zero-order valence-corrected chi connectivity index (χ0v) is 20.7. The first-order valence-corrected chi connectivity index (χ1v) is 12.3. The first-order valence-electron chi connectivity index (χ1n) is 11.9. The maximum absolute atomic E-state index is 13.3. The summed E-state index contributed by atoms with van der Waals surface area (Å²) in [5.74, 6) is -1.60. The van der Waals surface area contributed by atoms with Crippen LogP contribution in [0.3, 0.4) is 0 Å². The molecule has 5 rings (SSSR count). The van der Waals surface area contributed by atoms with Gasteiger partial charge in [0.2, 0.25) is 0 Å². The standard InChI is InChI=1S/C27H27ClN4O4/c1-18-22(17-29-32(18)21-8-3-2-4-9-21)25(33)23-24(19-6-5-7-20(28)16-19)31(27(35)26(23)34)11-10-30-12-14-36-15-13-30/h2-9,16-17,24,33H,10-15H2,1H3/b25-23+/t24-/m0/s1. The molecular weight excluding hydrogens is 480 g/mol. The highest BCUT2D eigenvalue weighted by atomic mass is 35.5. The second kappa shape index (κ2) is 10.3. The van der Waals surface area contributed by atoms with E-state index < -0.39 is 17.7 Å². The van der Waals surface area contributed by atoms with Crippen LogP contribution in [-0.2, 0) is 14.3 Å². The minimum absolute atomic E-state index is 0.0416. The van der Waals surface area contributed by atoms with E-state index in [2.05, 4.69) is 10.00 Å². The number of aliphatic hydroxyl groups is 1. The van der Waals surface area contributed by atoms with Gasteiger partial charge in [0.1, 0.15) is 5.76 Å². The highest BCUT2D eigenvalue weighted by Gasteiger charge is 2.46. The van der Waals surface area contributed by atoms with Crippen LogP contribution in [0.4, 0.5) is 0 Å². The number of hydrogen-bond acceptors (Lipinski definition) is 6. The molecule has 3 aromatic rings. The molecule has 0 radical (unpaired) electrons. The molecule has 0 bridgehead atoms. The van der Waals surface area contributed by atoms with Crippen molar-refractivity contribution >= 4 is 29.1 Å². The quantitative estimate of drug-likeness (QED) is 0.312. The number of nitrogens with zero attached hydrogens (tertiary/aromatic N) is 4. The molecular formula is C27H27ClN4O4. The van der Waals surface area contributed by atoms with Crippen LogP contribution in [-0.4, -0.2) is 75.8 Å². The van der Waals surface area contributed by atoms with Gasteiger partial charge in [-0.05, 0) is 36.8 Å². The Morgan fingerprint density at radius 3 is 2.56 bits per heavy atom. The third kappa shape index (κ3) is 4.55. The Kier molecular flexibility index (Phi) is 6.91. The molecule has 1 aromatic heterocycles. The Bertz CT molecular complexity index is 1310. The number of rotatable bonds is 6. The van der Waals surface area contributed by atoms with Crippen LogP contribution < -0.4 is 0 Å². The molecule has 9 heteroatoms. The van der Waals surface area contributed by atoms with Gasteiger partial charge in [0, 0.05) is 31.2 Å². The highest BCUT2D eigenvalue weighted by molar-refractivity contribution is 6.46. The van der Waals surface area contributed by atoms with Crippen molar-refractivity contribution in [1.82, 2.24) is 19.6 Å². The Labute approximate surface area is 214 Å². The van der Waals surface area contributed by atoms with Crippen molar-refractivity contribution < 1.29 is 19.4 Å². The number of carbonyl (C=O) groups is 2. The fourth-order valence-electron chi connectivity index (χ4n) is 4.82. The molecule has 0 unspecified atom stereocenters. The third-order valence-electron chi connectivity index (χ3n) is 6.73. The lowest BCUT2D eigenvalue weighted by atomic mass is 9.95. The Morgan fingerprint density at radius 1 is 1.08 bits per heavy atom. The number of benzene rings is 2. The van der Waals surface area contributed by atoms with Gasteiger partial charge in [-0.3, -0.25) is 14.5 Å². The minimum atomic E-state index is -0.760. The molecule has 2 aliphatic heterocycles. The summed E-state index contributed by atoms with van der Waals surface area (Å²) in [4.78, 5) is 30.3. The average Bonchev–Trinajstić information content (AvgIpc) is 3.40. The van der Waals surface area contributed by atoms with Crippen LogP contribution >= 0.6 is 11.6 Å². The maximum Gasteiger partial charge on any atom is 0.295 e. The van der Waals surface area contributed by atoms with Gasteiger partial charge in [0.15, 0.2) is 0 Å². The second-order valence-corrected chi connectivity index (χ2v) is 9.33. The van der Waals surface area contributed by atoms with Crippen LogP contribution in [0.2, 0.25) is 5.02 Å². The molecule has 2 fully saturated rings. The topological polar surface area (TPSA) is 87.9 Å². The van der Waals surface area contributed by atoms with Gasteiger partial charge in [-0.15, -0.1) is 0 Å². The van der Waals surface area contributed by atoms with E-state index in [9.17, 15) is 14.7 Å². The van der Waals surface area contributed by atoms with Crippen molar-refractivity contribution in [3.63, 3.8) is 0 Å². The molecule has 2 aliphatic rings. The van der Waals surface area contributed by atoms with Gasteiger partial charge in [-0.25, -0.2) is 4.68 Å². The SMILES string of the molecule is Cc1c(/C(O)=C2\C(=O)C(=O)N(CCN3CCOCC3)[C@H]2c2cccc(Cl)c2)cnn1-c1ccccc1. The molecule has 0 saturated carbocycles. The number of morpholine rings is 1. The summed E-state index contributed by atoms with van der Waals surface area (Å²) in [6, 6.07) is 15.8.